The molecule has 2 amide bonds. The van der Waals surface area contributed by atoms with Crippen LogP contribution < -0.4 is 10.2 Å². The molecule has 3 aliphatic heterocycles. The van der Waals surface area contributed by atoms with Gasteiger partial charge in [-0.25, -0.2) is 0 Å². The van der Waals surface area contributed by atoms with E-state index in [0.717, 1.165) is 5.56 Å². The number of benzene rings is 1. The Morgan fingerprint density at radius 3 is 2.93 bits per heavy atom. The van der Waals surface area contributed by atoms with Crippen LogP contribution in [0.3, 0.4) is 0 Å². The molecule has 150 valence electrons. The highest BCUT2D eigenvalue weighted by Gasteiger charge is 2.67. The van der Waals surface area contributed by atoms with Crippen molar-refractivity contribution in [1.82, 2.24) is 10.5 Å². The van der Waals surface area contributed by atoms with E-state index in [1.165, 1.54) is 4.90 Å². The van der Waals surface area contributed by atoms with Crippen molar-refractivity contribution < 1.29 is 18.8 Å². The zero-order valence-electron chi connectivity index (χ0n) is 15.4. The van der Waals surface area contributed by atoms with Crippen LogP contribution in [0.1, 0.15) is 11.3 Å². The van der Waals surface area contributed by atoms with Gasteiger partial charge in [0.15, 0.2) is 5.82 Å². The van der Waals surface area contributed by atoms with Crippen molar-refractivity contribution in [2.75, 3.05) is 11.4 Å². The summed E-state index contributed by atoms with van der Waals surface area (Å²) in [5, 5.41) is 7.83. The van der Waals surface area contributed by atoms with Crippen LogP contribution in [0.5, 0.6) is 0 Å². The average Bonchev–Trinajstić information content (AvgIpc) is 3.42. The summed E-state index contributed by atoms with van der Waals surface area (Å²) in [6.45, 7) is 2.31. The lowest BCUT2D eigenvalue weighted by Gasteiger charge is -2.23. The molecule has 0 saturated carbocycles. The van der Waals surface area contributed by atoms with Gasteiger partial charge in [-0.1, -0.05) is 46.6 Å². The van der Waals surface area contributed by atoms with Crippen LogP contribution in [-0.4, -0.2) is 35.2 Å². The van der Waals surface area contributed by atoms with Crippen molar-refractivity contribution in [2.45, 2.75) is 25.2 Å². The number of nitrogens with one attached hydrogen (secondary N) is 1. The molecule has 7 nitrogen and oxygen atoms in total. The van der Waals surface area contributed by atoms with Crippen LogP contribution in [0.4, 0.5) is 5.82 Å². The summed E-state index contributed by atoms with van der Waals surface area (Å²) in [5.74, 6) is -0.605. The van der Waals surface area contributed by atoms with E-state index in [0.29, 0.717) is 28.2 Å². The Kier molecular flexibility index (Phi) is 4.24. The third-order valence-corrected chi connectivity index (χ3v) is 6.35. The summed E-state index contributed by atoms with van der Waals surface area (Å²) < 4.78 is 11.2. The lowest BCUT2D eigenvalue weighted by molar-refractivity contribution is -0.132. The Labute approximate surface area is 176 Å². The molecule has 2 fully saturated rings. The summed E-state index contributed by atoms with van der Waals surface area (Å²) >= 11 is 12.1. The van der Waals surface area contributed by atoms with Gasteiger partial charge in [0.25, 0.3) is 0 Å². The summed E-state index contributed by atoms with van der Waals surface area (Å²) in [5.41, 5.74) is -0.0645. The van der Waals surface area contributed by atoms with Crippen molar-refractivity contribution in [1.29, 1.82) is 0 Å². The molecule has 4 heterocycles. The molecule has 0 radical (unpaired) electrons. The predicted molar refractivity (Wildman–Crippen MR) is 106 cm³/mol. The van der Waals surface area contributed by atoms with Gasteiger partial charge in [0.2, 0.25) is 11.8 Å². The van der Waals surface area contributed by atoms with E-state index in [1.807, 2.05) is 12.2 Å². The molecule has 1 aromatic carbocycles. The van der Waals surface area contributed by atoms with Crippen LogP contribution >= 0.6 is 23.2 Å². The summed E-state index contributed by atoms with van der Waals surface area (Å²) in [4.78, 5) is 27.7. The second-order valence-electron chi connectivity index (χ2n) is 7.57. The van der Waals surface area contributed by atoms with E-state index < -0.39 is 23.5 Å². The molecule has 0 aliphatic carbocycles. The van der Waals surface area contributed by atoms with Crippen molar-refractivity contribution in [3.05, 3.63) is 57.8 Å². The Morgan fingerprint density at radius 2 is 2.21 bits per heavy atom. The number of fused-ring (bicyclic) bond motifs is 1. The van der Waals surface area contributed by atoms with Crippen molar-refractivity contribution in [3.63, 3.8) is 0 Å². The molecule has 5 rings (SSSR count). The van der Waals surface area contributed by atoms with Crippen molar-refractivity contribution in [2.24, 2.45) is 11.8 Å². The Hall–Kier alpha value is -2.35. The van der Waals surface area contributed by atoms with Crippen LogP contribution in [0.15, 0.2) is 40.9 Å². The highest BCUT2D eigenvalue weighted by Crippen LogP contribution is 2.52. The Bertz CT molecular complexity index is 1050. The zero-order chi connectivity index (χ0) is 20.3. The number of nitrogens with zero attached hydrogens (tertiary/aromatic N) is 2. The van der Waals surface area contributed by atoms with E-state index in [-0.39, 0.29) is 18.4 Å². The molecule has 2 bridgehead atoms. The molecule has 4 atom stereocenters. The molecule has 1 N–H and O–H groups in total. The molecule has 1 spiro atoms. The van der Waals surface area contributed by atoms with Gasteiger partial charge in [-0.2, -0.15) is 0 Å². The largest absolute Gasteiger partial charge is 0.360 e. The lowest BCUT2D eigenvalue weighted by Crippen LogP contribution is -2.44. The number of hydrogen-bond acceptors (Lipinski definition) is 5. The molecule has 1 aromatic heterocycles. The number of amides is 2. The summed E-state index contributed by atoms with van der Waals surface area (Å²) in [6, 6.07) is 6.80. The molecule has 9 heteroatoms. The van der Waals surface area contributed by atoms with E-state index in [9.17, 15) is 9.59 Å². The second-order valence-corrected chi connectivity index (χ2v) is 8.42. The minimum Gasteiger partial charge on any atom is -0.360 e. The van der Waals surface area contributed by atoms with Gasteiger partial charge in [-0.3, -0.25) is 14.5 Å². The second kappa shape index (κ2) is 6.58. The van der Waals surface area contributed by atoms with Crippen molar-refractivity contribution >= 4 is 40.8 Å². The maximum absolute atomic E-state index is 13.2. The average molecular weight is 434 g/mol. The fraction of sp³-hybridized carbons (Fsp3) is 0.350. The smallest absolute Gasteiger partial charge is 0.235 e. The van der Waals surface area contributed by atoms with Crippen LogP contribution in [-0.2, 0) is 20.9 Å². The van der Waals surface area contributed by atoms with Crippen molar-refractivity contribution in [3.8, 4) is 0 Å². The van der Waals surface area contributed by atoms with Gasteiger partial charge < -0.3 is 14.6 Å². The van der Waals surface area contributed by atoms with Gasteiger partial charge in [0.05, 0.1) is 24.5 Å². The number of rotatable bonds is 4. The maximum Gasteiger partial charge on any atom is 0.235 e. The molecule has 29 heavy (non-hydrogen) atoms. The first-order valence-corrected chi connectivity index (χ1v) is 9.97. The molecule has 3 aliphatic rings. The molecule has 0 unspecified atom stereocenters. The highest BCUT2D eigenvalue weighted by molar-refractivity contribution is 6.35. The standard InChI is InChI=1S/C20H17Cl2N3O4/c1-10-6-15(24-29-10)25-9-20-5-4-14(28-20)16(17(20)19(25)27)18(26)23-8-11-2-3-12(21)7-13(11)22/h2-7,14,16-17H,8-9H2,1H3,(H,23,26)/t14-,16+,17+,20-/m0/s1. The molecular weight excluding hydrogens is 417 g/mol. The third kappa shape index (κ3) is 2.87. The Balaban J connectivity index is 1.36. The van der Waals surface area contributed by atoms with E-state index >= 15 is 0 Å². The number of halogens is 2. The topological polar surface area (TPSA) is 84.7 Å². The first-order valence-electron chi connectivity index (χ1n) is 9.21. The minimum absolute atomic E-state index is 0.185. The number of aryl methyl sites for hydroxylation is 1. The highest BCUT2D eigenvalue weighted by atomic mass is 35.5. The van der Waals surface area contributed by atoms with E-state index in [1.54, 1.807) is 31.2 Å². The minimum atomic E-state index is -0.811. The SMILES string of the molecule is Cc1cc(N2C[C@]34C=C[C@H](O3)[C@@H](C(=O)NCc3ccc(Cl)cc3Cl)[C@@H]4C2=O)no1. The molecule has 2 aromatic rings. The Morgan fingerprint density at radius 1 is 1.38 bits per heavy atom. The molecular formula is C20H17Cl2N3O4. The number of carbonyl (C=O) groups is 2. The van der Waals surface area contributed by atoms with Crippen LogP contribution in [0, 0.1) is 18.8 Å². The van der Waals surface area contributed by atoms with Gasteiger partial charge in [-0.05, 0) is 24.6 Å². The third-order valence-electron chi connectivity index (χ3n) is 5.76. The first kappa shape index (κ1) is 18.7. The number of hydrogen-bond donors (Lipinski definition) is 1. The molecule has 2 saturated heterocycles. The van der Waals surface area contributed by atoms with Gasteiger partial charge in [-0.15, -0.1) is 0 Å². The lowest BCUT2D eigenvalue weighted by atomic mass is 9.77. The van der Waals surface area contributed by atoms with Gasteiger partial charge >= 0.3 is 0 Å². The van der Waals surface area contributed by atoms with Gasteiger partial charge in [0, 0.05) is 22.7 Å². The fourth-order valence-corrected chi connectivity index (χ4v) is 4.91. The van der Waals surface area contributed by atoms with E-state index in [2.05, 4.69) is 10.5 Å². The summed E-state index contributed by atoms with van der Waals surface area (Å²) in [7, 11) is 0. The van der Waals surface area contributed by atoms with Gasteiger partial charge in [0.1, 0.15) is 11.4 Å². The van der Waals surface area contributed by atoms with Crippen LogP contribution in [0.25, 0.3) is 0 Å². The predicted octanol–water partition coefficient (Wildman–Crippen LogP) is 2.89. The zero-order valence-corrected chi connectivity index (χ0v) is 16.9. The number of aromatic nitrogens is 1. The number of carbonyl (C=O) groups excluding carboxylic acids is 2. The van der Waals surface area contributed by atoms with Crippen LogP contribution in [0.2, 0.25) is 10.0 Å². The summed E-state index contributed by atoms with van der Waals surface area (Å²) in [6.07, 6.45) is 3.33. The fourth-order valence-electron chi connectivity index (χ4n) is 4.44. The number of ether oxygens (including phenoxy) is 1. The first-order chi connectivity index (χ1) is 13.9. The normalized spacial score (nSPS) is 29.6. The quantitative estimate of drug-likeness (QED) is 0.749. The van der Waals surface area contributed by atoms with E-state index in [4.69, 9.17) is 32.5 Å². The number of anilines is 1. The maximum atomic E-state index is 13.2. The monoisotopic (exact) mass is 433 g/mol.